The fraction of sp³-hybridized carbons (Fsp3) is 0.500. The molecular formula is C18H23FN2. The molecule has 1 saturated carbocycles. The van der Waals surface area contributed by atoms with E-state index in [2.05, 4.69) is 18.3 Å². The van der Waals surface area contributed by atoms with Gasteiger partial charge < -0.3 is 5.32 Å². The largest absolute Gasteiger partial charge is 0.313 e. The Labute approximate surface area is 126 Å². The van der Waals surface area contributed by atoms with Crippen LogP contribution in [0, 0.1) is 23.1 Å². The molecule has 21 heavy (non-hydrogen) atoms. The maximum Gasteiger partial charge on any atom is 0.140 e. The molecule has 1 aromatic carbocycles. The molecule has 0 aromatic heterocycles. The Morgan fingerprint density at radius 2 is 2.14 bits per heavy atom. The molecule has 1 fully saturated rings. The van der Waals surface area contributed by atoms with Crippen LogP contribution in [-0.4, -0.2) is 13.1 Å². The van der Waals surface area contributed by atoms with E-state index in [4.69, 9.17) is 5.26 Å². The van der Waals surface area contributed by atoms with Gasteiger partial charge in [0, 0.05) is 6.54 Å². The van der Waals surface area contributed by atoms with Gasteiger partial charge in [0.1, 0.15) is 11.9 Å². The topological polar surface area (TPSA) is 35.8 Å². The van der Waals surface area contributed by atoms with Gasteiger partial charge in [-0.2, -0.15) is 5.26 Å². The molecule has 112 valence electrons. The summed E-state index contributed by atoms with van der Waals surface area (Å²) in [5, 5.41) is 12.3. The Morgan fingerprint density at radius 1 is 1.38 bits per heavy atom. The van der Waals surface area contributed by atoms with Crippen LogP contribution < -0.4 is 5.32 Å². The van der Waals surface area contributed by atoms with Gasteiger partial charge in [-0.25, -0.2) is 4.39 Å². The summed E-state index contributed by atoms with van der Waals surface area (Å²) in [5.74, 6) is 0.175. The molecular weight excluding hydrogens is 263 g/mol. The lowest BCUT2D eigenvalue weighted by atomic mass is 9.83. The van der Waals surface area contributed by atoms with Crippen molar-refractivity contribution in [3.05, 3.63) is 40.7 Å². The fourth-order valence-corrected chi connectivity index (χ4v) is 2.99. The van der Waals surface area contributed by atoms with Crippen LogP contribution in [0.5, 0.6) is 0 Å². The van der Waals surface area contributed by atoms with E-state index in [1.807, 2.05) is 6.07 Å². The van der Waals surface area contributed by atoms with Crippen molar-refractivity contribution in [2.45, 2.75) is 39.0 Å². The molecule has 0 aliphatic heterocycles. The maximum absolute atomic E-state index is 13.4. The minimum atomic E-state index is -0.444. The van der Waals surface area contributed by atoms with Crippen molar-refractivity contribution in [2.24, 2.45) is 5.92 Å². The number of halogens is 1. The van der Waals surface area contributed by atoms with Crippen LogP contribution in [0.25, 0.3) is 6.08 Å². The van der Waals surface area contributed by atoms with E-state index >= 15 is 0 Å². The third-order valence-corrected chi connectivity index (χ3v) is 4.17. The first-order chi connectivity index (χ1) is 10.2. The average molecular weight is 286 g/mol. The summed E-state index contributed by atoms with van der Waals surface area (Å²) < 4.78 is 13.4. The summed E-state index contributed by atoms with van der Waals surface area (Å²) in [7, 11) is 0. The van der Waals surface area contributed by atoms with Crippen LogP contribution in [0.1, 0.15) is 50.2 Å². The molecule has 2 rings (SSSR count). The second-order valence-corrected chi connectivity index (χ2v) is 5.69. The van der Waals surface area contributed by atoms with Gasteiger partial charge in [-0.3, -0.25) is 0 Å². The van der Waals surface area contributed by atoms with Gasteiger partial charge in [-0.05, 0) is 43.0 Å². The molecule has 1 aliphatic rings. The van der Waals surface area contributed by atoms with E-state index in [9.17, 15) is 4.39 Å². The normalized spacial score (nSPS) is 16.7. The van der Waals surface area contributed by atoms with Crippen LogP contribution in [0.15, 0.2) is 23.8 Å². The van der Waals surface area contributed by atoms with Crippen LogP contribution in [0.3, 0.4) is 0 Å². The zero-order valence-electron chi connectivity index (χ0n) is 12.7. The first kappa shape index (κ1) is 15.7. The van der Waals surface area contributed by atoms with Crippen molar-refractivity contribution in [3.63, 3.8) is 0 Å². The van der Waals surface area contributed by atoms with Gasteiger partial charge in [0.2, 0.25) is 0 Å². The lowest BCUT2D eigenvalue weighted by molar-refractivity contribution is 0.397. The molecule has 2 nitrogen and oxygen atoms in total. The van der Waals surface area contributed by atoms with Crippen LogP contribution >= 0.6 is 0 Å². The van der Waals surface area contributed by atoms with Crippen molar-refractivity contribution in [3.8, 4) is 6.07 Å². The van der Waals surface area contributed by atoms with Gasteiger partial charge in [-0.1, -0.05) is 43.9 Å². The number of nitrogens with zero attached hydrogens (tertiary/aromatic N) is 1. The number of likely N-dealkylation sites (N-methyl/N-ethyl adjacent to an activating group) is 1. The molecule has 1 aromatic rings. The van der Waals surface area contributed by atoms with Gasteiger partial charge >= 0.3 is 0 Å². The predicted octanol–water partition coefficient (Wildman–Crippen LogP) is 4.27. The quantitative estimate of drug-likeness (QED) is 0.877. The molecule has 0 unspecified atom stereocenters. The first-order valence-electron chi connectivity index (χ1n) is 7.85. The highest BCUT2D eigenvalue weighted by Gasteiger charge is 2.17. The molecule has 0 atom stereocenters. The zero-order chi connectivity index (χ0) is 15.1. The highest BCUT2D eigenvalue weighted by atomic mass is 19.1. The van der Waals surface area contributed by atoms with Gasteiger partial charge in [0.05, 0.1) is 5.56 Å². The van der Waals surface area contributed by atoms with E-state index < -0.39 is 5.82 Å². The number of nitrogens with one attached hydrogen (secondary N) is 1. The Balaban J connectivity index is 2.24. The monoisotopic (exact) mass is 286 g/mol. The molecule has 0 bridgehead atoms. The average Bonchev–Trinajstić information content (AvgIpc) is 2.53. The van der Waals surface area contributed by atoms with E-state index in [-0.39, 0.29) is 5.56 Å². The second kappa shape index (κ2) is 7.95. The molecule has 1 N–H and O–H groups in total. The highest BCUT2D eigenvalue weighted by molar-refractivity contribution is 5.56. The zero-order valence-corrected chi connectivity index (χ0v) is 12.7. The summed E-state index contributed by atoms with van der Waals surface area (Å²) in [5.41, 5.74) is 2.42. The minimum absolute atomic E-state index is 0.121. The van der Waals surface area contributed by atoms with Crippen LogP contribution in [-0.2, 0) is 0 Å². The van der Waals surface area contributed by atoms with Gasteiger partial charge in [-0.15, -0.1) is 0 Å². The molecule has 0 heterocycles. The lowest BCUT2D eigenvalue weighted by Gasteiger charge is -2.25. The number of hydrogen-bond acceptors (Lipinski definition) is 2. The standard InChI is InChI=1S/C18H23FN2/c1-2-21-13-17(15-6-4-3-5-7-15)11-14-8-9-18(19)16(10-14)12-20/h8-11,15,21H,2-7,13H2,1H3/b17-11-. The molecule has 0 amide bonds. The van der Waals surface area contributed by atoms with Crippen LogP contribution in [0.4, 0.5) is 4.39 Å². The second-order valence-electron chi connectivity index (χ2n) is 5.69. The Hall–Kier alpha value is -1.66. The minimum Gasteiger partial charge on any atom is -0.313 e. The Kier molecular flexibility index (Phi) is 5.95. The molecule has 0 spiro atoms. The number of nitriles is 1. The molecule has 0 radical (unpaired) electrons. The van der Waals surface area contributed by atoms with Crippen molar-refractivity contribution < 1.29 is 4.39 Å². The van der Waals surface area contributed by atoms with E-state index in [1.165, 1.54) is 43.7 Å². The lowest BCUT2D eigenvalue weighted by Crippen LogP contribution is -2.22. The third-order valence-electron chi connectivity index (χ3n) is 4.17. The van der Waals surface area contributed by atoms with Crippen molar-refractivity contribution in [2.75, 3.05) is 13.1 Å². The number of hydrogen-bond donors (Lipinski definition) is 1. The maximum atomic E-state index is 13.4. The Morgan fingerprint density at radius 3 is 2.81 bits per heavy atom. The van der Waals surface area contributed by atoms with E-state index in [0.717, 1.165) is 18.7 Å². The summed E-state index contributed by atoms with van der Waals surface area (Å²) in [6.45, 7) is 3.92. The van der Waals surface area contributed by atoms with E-state index in [0.29, 0.717) is 5.92 Å². The van der Waals surface area contributed by atoms with Crippen LogP contribution in [0.2, 0.25) is 0 Å². The SMILES string of the molecule is CCNC/C(=C/c1ccc(F)c(C#N)c1)C1CCCCC1. The van der Waals surface area contributed by atoms with E-state index in [1.54, 1.807) is 12.1 Å². The van der Waals surface area contributed by atoms with Gasteiger partial charge in [0.25, 0.3) is 0 Å². The number of benzene rings is 1. The summed E-state index contributed by atoms with van der Waals surface area (Å²) >= 11 is 0. The highest BCUT2D eigenvalue weighted by Crippen LogP contribution is 2.30. The third kappa shape index (κ3) is 4.41. The predicted molar refractivity (Wildman–Crippen MR) is 84.2 cm³/mol. The molecule has 1 aliphatic carbocycles. The Bertz CT molecular complexity index is 537. The van der Waals surface area contributed by atoms with Crippen molar-refractivity contribution >= 4 is 6.08 Å². The smallest absolute Gasteiger partial charge is 0.140 e. The number of rotatable bonds is 5. The molecule has 0 saturated heterocycles. The first-order valence-corrected chi connectivity index (χ1v) is 7.85. The summed E-state index contributed by atoms with van der Waals surface area (Å²) in [4.78, 5) is 0. The molecule has 3 heteroatoms. The van der Waals surface area contributed by atoms with Crippen molar-refractivity contribution in [1.82, 2.24) is 5.32 Å². The fourth-order valence-electron chi connectivity index (χ4n) is 2.99. The summed E-state index contributed by atoms with van der Waals surface area (Å²) in [6.07, 6.45) is 8.54. The van der Waals surface area contributed by atoms with Crippen molar-refractivity contribution in [1.29, 1.82) is 5.26 Å². The van der Waals surface area contributed by atoms with Gasteiger partial charge in [0.15, 0.2) is 0 Å². The summed E-state index contributed by atoms with van der Waals surface area (Å²) in [6, 6.07) is 6.69.